The second-order valence-electron chi connectivity index (χ2n) is 2.33. The highest BCUT2D eigenvalue weighted by Crippen LogP contribution is 2.10. The molecular weight excluding hydrogens is 253 g/mol. The Morgan fingerprint density at radius 2 is 2.27 bits per heavy atom. The molecule has 4 heteroatoms. The van der Waals surface area contributed by atoms with E-state index in [1.807, 2.05) is 6.07 Å². The number of anilines is 1. The number of nitrogens with zero attached hydrogens (tertiary/aromatic N) is 1. The Balaban J connectivity index is 3.24. The molecule has 60 valence electrons. The Bertz CT molecular complexity index is 273. The topological polar surface area (TPSA) is 55.9 Å². The smallest absolute Gasteiger partial charge is 0.285 e. The Morgan fingerprint density at radius 1 is 1.64 bits per heavy atom. The van der Waals surface area contributed by atoms with Gasteiger partial charge in [0.25, 0.3) is 5.82 Å². The van der Waals surface area contributed by atoms with Gasteiger partial charge in [0, 0.05) is 5.56 Å². The van der Waals surface area contributed by atoms with E-state index in [0.29, 0.717) is 5.82 Å². The first-order valence-corrected chi connectivity index (χ1v) is 4.47. The first kappa shape index (κ1) is 8.58. The van der Waals surface area contributed by atoms with Crippen LogP contribution in [0.1, 0.15) is 12.5 Å². The van der Waals surface area contributed by atoms with Crippen molar-refractivity contribution in [2.75, 3.05) is 11.6 Å². The van der Waals surface area contributed by atoms with Crippen molar-refractivity contribution in [1.29, 1.82) is 0 Å². The number of hydrogen-bond donors (Lipinski definition) is 2. The molecule has 0 atom stereocenters. The quantitative estimate of drug-likeness (QED) is 0.439. The fourth-order valence-corrected chi connectivity index (χ4v) is 1.61. The molecule has 0 fully saturated rings. The molecule has 1 aromatic heterocycles. The van der Waals surface area contributed by atoms with E-state index in [1.54, 1.807) is 6.20 Å². The van der Waals surface area contributed by atoms with Crippen LogP contribution in [0.2, 0.25) is 0 Å². The number of rotatable bonds is 1. The summed E-state index contributed by atoms with van der Waals surface area (Å²) < 4.78 is 2.57. The highest BCUT2D eigenvalue weighted by atomic mass is 127. The van der Waals surface area contributed by atoms with Crippen LogP contribution in [-0.2, 0) is 6.42 Å². The van der Waals surface area contributed by atoms with Crippen molar-refractivity contribution in [3.8, 4) is 0 Å². The summed E-state index contributed by atoms with van der Waals surface area (Å²) in [6, 6.07) is 2.04. The molecular formula is C7H11IN3+. The number of aromatic nitrogens is 1. The molecule has 0 radical (unpaired) electrons. The van der Waals surface area contributed by atoms with Crippen molar-refractivity contribution in [1.82, 2.24) is 0 Å². The summed E-state index contributed by atoms with van der Waals surface area (Å²) in [5.74, 6) is 6.23. The van der Waals surface area contributed by atoms with Gasteiger partial charge in [-0.2, -0.15) is 0 Å². The van der Waals surface area contributed by atoms with Gasteiger partial charge >= 0.3 is 0 Å². The maximum Gasteiger partial charge on any atom is 0.298 e. The van der Waals surface area contributed by atoms with Gasteiger partial charge in [-0.25, -0.2) is 0 Å². The van der Waals surface area contributed by atoms with Gasteiger partial charge in [0.1, 0.15) is 6.20 Å². The van der Waals surface area contributed by atoms with Gasteiger partial charge in [-0.15, -0.1) is 4.68 Å². The molecule has 0 saturated heterocycles. The average Bonchev–Trinajstić information content (AvgIpc) is 1.96. The summed E-state index contributed by atoms with van der Waals surface area (Å²) in [7, 11) is 0. The predicted octanol–water partition coefficient (Wildman–Crippen LogP) is 0.437. The number of nitrogen functional groups attached to an aromatic ring is 2. The van der Waals surface area contributed by atoms with Crippen LogP contribution < -0.4 is 16.3 Å². The van der Waals surface area contributed by atoms with E-state index in [-0.39, 0.29) is 0 Å². The van der Waals surface area contributed by atoms with Gasteiger partial charge < -0.3 is 0 Å². The largest absolute Gasteiger partial charge is 0.298 e. The standard InChI is InChI=1S/C7H10IN3/c1-2-5-3-6(8)4-11(10)7(5)9/h3-4,9H,2,10H2,1H3/p+1. The minimum Gasteiger partial charge on any atom is -0.285 e. The Kier molecular flexibility index (Phi) is 2.53. The first-order valence-electron chi connectivity index (χ1n) is 3.39. The van der Waals surface area contributed by atoms with Crippen molar-refractivity contribution in [3.63, 3.8) is 0 Å². The molecule has 3 nitrogen and oxygen atoms in total. The maximum atomic E-state index is 5.70. The molecule has 0 bridgehead atoms. The van der Waals surface area contributed by atoms with Crippen LogP contribution in [0.4, 0.5) is 5.82 Å². The fraction of sp³-hybridized carbons (Fsp3) is 0.286. The van der Waals surface area contributed by atoms with Gasteiger partial charge in [0.2, 0.25) is 0 Å². The lowest BCUT2D eigenvalue weighted by Gasteiger charge is -2.01. The zero-order valence-electron chi connectivity index (χ0n) is 6.34. The minimum absolute atomic E-state index is 0.646. The Hall–Kier alpha value is -0.520. The van der Waals surface area contributed by atoms with Crippen molar-refractivity contribution in [2.45, 2.75) is 13.3 Å². The van der Waals surface area contributed by atoms with Crippen molar-refractivity contribution >= 4 is 28.4 Å². The number of nitrogens with two attached hydrogens (primary N) is 2. The SMILES string of the molecule is CCc1cc(I)c[n+](N)c1N. The zero-order chi connectivity index (χ0) is 8.43. The van der Waals surface area contributed by atoms with Crippen LogP contribution in [0.15, 0.2) is 12.3 Å². The van der Waals surface area contributed by atoms with Crippen LogP contribution >= 0.6 is 22.6 Å². The van der Waals surface area contributed by atoms with Crippen molar-refractivity contribution < 1.29 is 4.68 Å². The van der Waals surface area contributed by atoms with Crippen LogP contribution in [-0.4, -0.2) is 0 Å². The van der Waals surface area contributed by atoms with E-state index < -0.39 is 0 Å². The molecule has 0 aliphatic carbocycles. The van der Waals surface area contributed by atoms with E-state index in [2.05, 4.69) is 29.5 Å². The molecule has 11 heavy (non-hydrogen) atoms. The summed E-state index contributed by atoms with van der Waals surface area (Å²) in [4.78, 5) is 0. The molecule has 0 aliphatic heterocycles. The van der Waals surface area contributed by atoms with Gasteiger partial charge in [0.05, 0.1) is 3.57 Å². The molecule has 1 aromatic rings. The second kappa shape index (κ2) is 3.25. The summed E-state index contributed by atoms with van der Waals surface area (Å²) in [5.41, 5.74) is 6.79. The second-order valence-corrected chi connectivity index (χ2v) is 3.58. The van der Waals surface area contributed by atoms with E-state index in [0.717, 1.165) is 15.6 Å². The summed E-state index contributed by atoms with van der Waals surface area (Å²) in [6.45, 7) is 2.06. The third-order valence-electron chi connectivity index (χ3n) is 1.56. The molecule has 0 saturated carbocycles. The molecule has 1 heterocycles. The molecule has 1 rings (SSSR count). The van der Waals surface area contributed by atoms with Crippen LogP contribution in [0.3, 0.4) is 0 Å². The van der Waals surface area contributed by atoms with Gasteiger partial charge in [-0.05, 0) is 35.1 Å². The van der Waals surface area contributed by atoms with Crippen molar-refractivity contribution in [2.24, 2.45) is 0 Å². The van der Waals surface area contributed by atoms with E-state index in [9.17, 15) is 0 Å². The number of aryl methyl sites for hydroxylation is 1. The number of halogens is 1. The molecule has 0 aromatic carbocycles. The van der Waals surface area contributed by atoms with E-state index in [1.165, 1.54) is 4.68 Å². The van der Waals surface area contributed by atoms with Crippen LogP contribution in [0.25, 0.3) is 0 Å². The lowest BCUT2D eigenvalue weighted by atomic mass is 10.2. The third-order valence-corrected chi connectivity index (χ3v) is 2.15. The number of pyridine rings is 1. The lowest BCUT2D eigenvalue weighted by molar-refractivity contribution is -0.624. The normalized spacial score (nSPS) is 10.0. The Labute approximate surface area is 79.5 Å². The minimum atomic E-state index is 0.646. The monoisotopic (exact) mass is 264 g/mol. The van der Waals surface area contributed by atoms with Gasteiger partial charge in [-0.3, -0.25) is 11.6 Å². The summed E-state index contributed by atoms with van der Waals surface area (Å²) >= 11 is 2.21. The lowest BCUT2D eigenvalue weighted by Crippen LogP contribution is -2.47. The molecule has 0 amide bonds. The first-order chi connectivity index (χ1) is 5.15. The highest BCUT2D eigenvalue weighted by molar-refractivity contribution is 14.1. The van der Waals surface area contributed by atoms with Crippen LogP contribution in [0, 0.1) is 3.57 Å². The fourth-order valence-electron chi connectivity index (χ4n) is 0.929. The highest BCUT2D eigenvalue weighted by Gasteiger charge is 2.07. The molecule has 0 unspecified atom stereocenters. The van der Waals surface area contributed by atoms with E-state index >= 15 is 0 Å². The zero-order valence-corrected chi connectivity index (χ0v) is 8.50. The van der Waals surface area contributed by atoms with Crippen molar-refractivity contribution in [3.05, 3.63) is 21.4 Å². The molecule has 0 spiro atoms. The molecule has 4 N–H and O–H groups in total. The predicted molar refractivity (Wildman–Crippen MR) is 53.3 cm³/mol. The Morgan fingerprint density at radius 3 is 2.82 bits per heavy atom. The average molecular weight is 264 g/mol. The molecule has 0 aliphatic rings. The maximum absolute atomic E-state index is 5.70. The van der Waals surface area contributed by atoms with E-state index in [4.69, 9.17) is 11.6 Å². The van der Waals surface area contributed by atoms with Gasteiger partial charge in [0.15, 0.2) is 0 Å². The van der Waals surface area contributed by atoms with Crippen LogP contribution in [0.5, 0.6) is 0 Å². The summed E-state index contributed by atoms with van der Waals surface area (Å²) in [5, 5.41) is 0. The third kappa shape index (κ3) is 1.74. The number of hydrogen-bond acceptors (Lipinski definition) is 2. The summed E-state index contributed by atoms with van der Waals surface area (Å²) in [6.07, 6.45) is 2.72. The van der Waals surface area contributed by atoms with Gasteiger partial charge in [-0.1, -0.05) is 6.92 Å².